The molecule has 0 saturated heterocycles. The molecule has 0 bridgehead atoms. The minimum Gasteiger partial charge on any atom is -0.481 e. The third kappa shape index (κ3) is 2.05. The zero-order valence-electron chi connectivity index (χ0n) is 13.6. The summed E-state index contributed by atoms with van der Waals surface area (Å²) in [6, 6.07) is 8.15. The lowest BCUT2D eigenvalue weighted by molar-refractivity contribution is -0.169. The highest BCUT2D eigenvalue weighted by Gasteiger charge is 2.51. The van der Waals surface area contributed by atoms with E-state index in [0.717, 1.165) is 11.2 Å². The van der Waals surface area contributed by atoms with Crippen molar-refractivity contribution in [3.63, 3.8) is 0 Å². The van der Waals surface area contributed by atoms with Crippen LogP contribution >= 0.6 is 0 Å². The molecule has 1 aromatic heterocycles. The van der Waals surface area contributed by atoms with Crippen LogP contribution in [0.25, 0.3) is 10.9 Å². The normalized spacial score (nSPS) is 25.2. The van der Waals surface area contributed by atoms with Crippen molar-refractivity contribution in [2.45, 2.75) is 45.6 Å². The Hall–Kier alpha value is -1.81. The van der Waals surface area contributed by atoms with Gasteiger partial charge in [0, 0.05) is 16.8 Å². The summed E-state index contributed by atoms with van der Waals surface area (Å²) in [7, 11) is 0. The zero-order chi connectivity index (χ0) is 16.1. The third-order valence-corrected chi connectivity index (χ3v) is 4.83. The van der Waals surface area contributed by atoms with Gasteiger partial charge in [-0.25, -0.2) is 0 Å². The molecule has 2 unspecified atom stereocenters. The SMILES string of the molecule is CC1COC(CC(=O)O)(C(C)(C)C)c2[nH]c3ccccc3c21. The van der Waals surface area contributed by atoms with E-state index in [0.29, 0.717) is 6.61 Å². The third-order valence-electron chi connectivity index (χ3n) is 4.83. The van der Waals surface area contributed by atoms with E-state index in [2.05, 4.69) is 18.0 Å². The standard InChI is InChI=1S/C18H23NO3/c1-11-10-22-18(9-14(20)21,17(2,3)4)16-15(11)12-7-5-6-8-13(12)19-16/h5-8,11,19H,9-10H2,1-4H3,(H,20,21). The minimum absolute atomic E-state index is 0.0386. The van der Waals surface area contributed by atoms with Crippen molar-refractivity contribution in [3.8, 4) is 0 Å². The molecule has 0 spiro atoms. The van der Waals surface area contributed by atoms with Gasteiger partial charge in [0.1, 0.15) is 5.60 Å². The van der Waals surface area contributed by atoms with Crippen LogP contribution in [-0.2, 0) is 15.1 Å². The molecular weight excluding hydrogens is 278 g/mol. The van der Waals surface area contributed by atoms with Gasteiger partial charge in [0.2, 0.25) is 0 Å². The van der Waals surface area contributed by atoms with Gasteiger partial charge < -0.3 is 14.8 Å². The lowest BCUT2D eigenvalue weighted by atomic mass is 9.69. The number of carbonyl (C=O) groups is 1. The number of hydrogen-bond acceptors (Lipinski definition) is 2. The Morgan fingerprint density at radius 3 is 2.73 bits per heavy atom. The largest absolute Gasteiger partial charge is 0.481 e. The topological polar surface area (TPSA) is 62.3 Å². The average Bonchev–Trinajstić information content (AvgIpc) is 2.81. The van der Waals surface area contributed by atoms with E-state index in [4.69, 9.17) is 4.74 Å². The second-order valence-electron chi connectivity index (χ2n) is 7.32. The molecule has 2 N–H and O–H groups in total. The summed E-state index contributed by atoms with van der Waals surface area (Å²) in [5, 5.41) is 10.6. The Morgan fingerprint density at radius 2 is 2.09 bits per heavy atom. The molecule has 1 aliphatic rings. The molecule has 0 saturated carbocycles. The number of benzene rings is 1. The lowest BCUT2D eigenvalue weighted by Crippen LogP contribution is -2.48. The Bertz CT molecular complexity index is 725. The molecule has 0 amide bonds. The van der Waals surface area contributed by atoms with E-state index >= 15 is 0 Å². The van der Waals surface area contributed by atoms with Crippen LogP contribution in [0.1, 0.15) is 51.3 Å². The predicted molar refractivity (Wildman–Crippen MR) is 86.1 cm³/mol. The quantitative estimate of drug-likeness (QED) is 0.880. The first-order valence-electron chi connectivity index (χ1n) is 7.73. The molecule has 0 aliphatic carbocycles. The Kier molecular flexibility index (Phi) is 3.33. The summed E-state index contributed by atoms with van der Waals surface area (Å²) in [4.78, 5) is 15.0. The fourth-order valence-corrected chi connectivity index (χ4v) is 3.63. The highest BCUT2D eigenvalue weighted by Crippen LogP contribution is 2.52. The summed E-state index contributed by atoms with van der Waals surface area (Å²) in [5.74, 6) is -0.593. The average molecular weight is 301 g/mol. The van der Waals surface area contributed by atoms with Crippen molar-refractivity contribution in [3.05, 3.63) is 35.5 Å². The number of carboxylic acid groups (broad SMARTS) is 1. The van der Waals surface area contributed by atoms with E-state index in [1.54, 1.807) is 0 Å². The second kappa shape index (κ2) is 4.85. The number of aromatic nitrogens is 1. The Labute approximate surface area is 130 Å². The van der Waals surface area contributed by atoms with Gasteiger partial charge in [-0.1, -0.05) is 45.9 Å². The lowest BCUT2D eigenvalue weighted by Gasteiger charge is -2.47. The molecular formula is C18H23NO3. The number of aliphatic carboxylic acids is 1. The first kappa shape index (κ1) is 15.1. The fourth-order valence-electron chi connectivity index (χ4n) is 3.63. The van der Waals surface area contributed by atoms with Gasteiger partial charge in [0.25, 0.3) is 0 Å². The summed E-state index contributed by atoms with van der Waals surface area (Å²) < 4.78 is 6.20. The Morgan fingerprint density at radius 1 is 1.41 bits per heavy atom. The van der Waals surface area contributed by atoms with Crippen molar-refractivity contribution in [2.24, 2.45) is 5.41 Å². The van der Waals surface area contributed by atoms with Gasteiger partial charge in [-0.2, -0.15) is 0 Å². The maximum Gasteiger partial charge on any atom is 0.306 e. The van der Waals surface area contributed by atoms with E-state index in [1.807, 2.05) is 39.0 Å². The second-order valence-corrected chi connectivity index (χ2v) is 7.32. The van der Waals surface area contributed by atoms with Crippen molar-refractivity contribution >= 4 is 16.9 Å². The molecule has 2 aromatic rings. The van der Waals surface area contributed by atoms with Gasteiger partial charge in [0.05, 0.1) is 18.7 Å². The number of ether oxygens (including phenoxy) is 1. The number of aromatic amines is 1. The van der Waals surface area contributed by atoms with E-state index in [-0.39, 0.29) is 17.8 Å². The van der Waals surface area contributed by atoms with E-state index in [9.17, 15) is 9.90 Å². The molecule has 3 rings (SSSR count). The van der Waals surface area contributed by atoms with Crippen LogP contribution in [0.2, 0.25) is 0 Å². The number of rotatable bonds is 2. The van der Waals surface area contributed by atoms with Crippen LogP contribution in [0.4, 0.5) is 0 Å². The predicted octanol–water partition coefficient (Wildman–Crippen LogP) is 4.02. The van der Waals surface area contributed by atoms with Crippen LogP contribution in [-0.4, -0.2) is 22.7 Å². The van der Waals surface area contributed by atoms with Gasteiger partial charge in [-0.3, -0.25) is 4.79 Å². The molecule has 22 heavy (non-hydrogen) atoms. The monoisotopic (exact) mass is 301 g/mol. The minimum atomic E-state index is -0.839. The van der Waals surface area contributed by atoms with Crippen LogP contribution in [0.5, 0.6) is 0 Å². The summed E-state index contributed by atoms with van der Waals surface area (Å²) in [5.41, 5.74) is 2.02. The summed E-state index contributed by atoms with van der Waals surface area (Å²) in [6.45, 7) is 8.80. The van der Waals surface area contributed by atoms with Crippen molar-refractivity contribution in [1.29, 1.82) is 0 Å². The highest BCUT2D eigenvalue weighted by molar-refractivity contribution is 5.86. The molecule has 118 valence electrons. The fraction of sp³-hybridized carbons (Fsp3) is 0.500. The maximum atomic E-state index is 11.5. The van der Waals surface area contributed by atoms with E-state index < -0.39 is 11.6 Å². The van der Waals surface area contributed by atoms with Gasteiger partial charge in [-0.05, 0) is 17.0 Å². The van der Waals surface area contributed by atoms with Gasteiger partial charge in [0.15, 0.2) is 0 Å². The van der Waals surface area contributed by atoms with Crippen LogP contribution in [0.15, 0.2) is 24.3 Å². The van der Waals surface area contributed by atoms with Crippen molar-refractivity contribution in [2.75, 3.05) is 6.61 Å². The Balaban J connectivity index is 2.32. The first-order valence-corrected chi connectivity index (χ1v) is 7.73. The van der Waals surface area contributed by atoms with Crippen LogP contribution < -0.4 is 0 Å². The van der Waals surface area contributed by atoms with Crippen molar-refractivity contribution in [1.82, 2.24) is 4.98 Å². The number of nitrogens with one attached hydrogen (secondary N) is 1. The van der Waals surface area contributed by atoms with Crippen LogP contribution in [0.3, 0.4) is 0 Å². The van der Waals surface area contributed by atoms with E-state index in [1.165, 1.54) is 10.9 Å². The summed E-state index contributed by atoms with van der Waals surface area (Å²) >= 11 is 0. The molecule has 0 fully saturated rings. The zero-order valence-corrected chi connectivity index (χ0v) is 13.6. The summed E-state index contributed by atoms with van der Waals surface area (Å²) in [6.07, 6.45) is -0.0386. The number of carboxylic acids is 1. The molecule has 0 radical (unpaired) electrons. The first-order chi connectivity index (χ1) is 10.3. The number of H-pyrrole nitrogens is 1. The highest BCUT2D eigenvalue weighted by atomic mass is 16.5. The maximum absolute atomic E-state index is 11.5. The molecule has 1 aromatic carbocycles. The number of para-hydroxylation sites is 1. The molecule has 2 heterocycles. The number of fused-ring (bicyclic) bond motifs is 3. The van der Waals surface area contributed by atoms with Gasteiger partial charge >= 0.3 is 5.97 Å². The van der Waals surface area contributed by atoms with Crippen molar-refractivity contribution < 1.29 is 14.6 Å². The molecule has 4 nitrogen and oxygen atoms in total. The number of hydrogen-bond donors (Lipinski definition) is 2. The molecule has 2 atom stereocenters. The molecule has 1 aliphatic heterocycles. The molecule has 4 heteroatoms. The van der Waals surface area contributed by atoms with Gasteiger partial charge in [-0.15, -0.1) is 0 Å². The smallest absolute Gasteiger partial charge is 0.306 e. The van der Waals surface area contributed by atoms with Crippen LogP contribution in [0, 0.1) is 5.41 Å².